The van der Waals surface area contributed by atoms with Crippen LogP contribution < -0.4 is 10.6 Å². The van der Waals surface area contributed by atoms with Gasteiger partial charge in [-0.25, -0.2) is 19.9 Å². The number of rotatable bonds is 7. The number of aryl methyl sites for hydroxylation is 1. The fourth-order valence-corrected chi connectivity index (χ4v) is 3.92. The molecule has 0 unspecified atom stereocenters. The van der Waals surface area contributed by atoms with Crippen LogP contribution in [-0.2, 0) is 11.2 Å². The molecular weight excluding hydrogens is 402 g/mol. The molecule has 32 heavy (non-hydrogen) atoms. The zero-order valence-corrected chi connectivity index (χ0v) is 18.4. The van der Waals surface area contributed by atoms with Crippen molar-refractivity contribution >= 4 is 29.8 Å². The number of fused-ring (bicyclic) bond motifs is 1. The third-order valence-electron chi connectivity index (χ3n) is 5.50. The second-order valence-electron chi connectivity index (χ2n) is 7.72. The largest absolute Gasteiger partial charge is 0.307 e. The summed E-state index contributed by atoms with van der Waals surface area (Å²) in [4.78, 5) is 30.2. The van der Waals surface area contributed by atoms with Gasteiger partial charge in [0.2, 0.25) is 0 Å². The lowest BCUT2D eigenvalue weighted by atomic mass is 10.1. The number of nitrogens with zero attached hydrogens (tertiary/aromatic N) is 5. The number of pyridine rings is 1. The monoisotopic (exact) mass is 429 g/mol. The van der Waals surface area contributed by atoms with Gasteiger partial charge in [0.1, 0.15) is 17.2 Å². The lowest BCUT2D eigenvalue weighted by molar-refractivity contribution is -0.112. The van der Waals surface area contributed by atoms with E-state index in [0.717, 1.165) is 42.0 Å². The van der Waals surface area contributed by atoms with Crippen LogP contribution in [-0.4, -0.2) is 38.5 Å². The Kier molecular flexibility index (Phi) is 6.51. The molecule has 8 nitrogen and oxygen atoms in total. The predicted octanol–water partition coefficient (Wildman–Crippen LogP) is 3.87. The van der Waals surface area contributed by atoms with Gasteiger partial charge < -0.3 is 10.6 Å². The maximum Gasteiger partial charge on any atom is 0.256 e. The Morgan fingerprint density at radius 3 is 3.00 bits per heavy atom. The van der Waals surface area contributed by atoms with Crippen molar-refractivity contribution in [1.82, 2.24) is 24.7 Å². The Hall–Kier alpha value is -3.65. The third kappa shape index (κ3) is 4.50. The van der Waals surface area contributed by atoms with Gasteiger partial charge in [0.05, 0.1) is 11.7 Å². The van der Waals surface area contributed by atoms with Crippen molar-refractivity contribution in [3.05, 3.63) is 71.6 Å². The molecule has 1 fully saturated rings. The highest BCUT2D eigenvalue weighted by molar-refractivity contribution is 6.05. The molecule has 0 radical (unpaired) electrons. The third-order valence-corrected chi connectivity index (χ3v) is 5.50. The van der Waals surface area contributed by atoms with Crippen molar-refractivity contribution in [2.45, 2.75) is 39.2 Å². The highest BCUT2D eigenvalue weighted by Gasteiger charge is 2.24. The summed E-state index contributed by atoms with van der Waals surface area (Å²) in [6, 6.07) is 3.93. The van der Waals surface area contributed by atoms with Crippen molar-refractivity contribution in [3.63, 3.8) is 0 Å². The molecule has 8 heteroatoms. The van der Waals surface area contributed by atoms with Gasteiger partial charge in [0.25, 0.3) is 5.91 Å². The molecule has 164 valence electrons. The van der Waals surface area contributed by atoms with Gasteiger partial charge >= 0.3 is 0 Å². The van der Waals surface area contributed by atoms with Crippen molar-refractivity contribution in [3.8, 4) is 0 Å². The molecule has 0 aliphatic carbocycles. The van der Waals surface area contributed by atoms with E-state index in [4.69, 9.17) is 4.98 Å². The summed E-state index contributed by atoms with van der Waals surface area (Å²) >= 11 is 0. The minimum atomic E-state index is -0.206. The minimum Gasteiger partial charge on any atom is -0.307 e. The molecular formula is C24H27N7O. The van der Waals surface area contributed by atoms with E-state index in [2.05, 4.69) is 36.7 Å². The number of aliphatic imine (C=N–C) groups is 1. The van der Waals surface area contributed by atoms with Gasteiger partial charge in [-0.2, -0.15) is 0 Å². The molecule has 1 aliphatic rings. The lowest BCUT2D eigenvalue weighted by Crippen LogP contribution is -2.15. The Morgan fingerprint density at radius 2 is 2.28 bits per heavy atom. The second kappa shape index (κ2) is 9.65. The zero-order chi connectivity index (χ0) is 22.5. The van der Waals surface area contributed by atoms with Gasteiger partial charge in [-0.15, -0.1) is 0 Å². The molecule has 2 N–H and O–H groups in total. The van der Waals surface area contributed by atoms with Crippen molar-refractivity contribution in [2.75, 3.05) is 11.9 Å². The number of aromatic nitrogens is 4. The first kappa shape index (κ1) is 21.6. The number of imidazole rings is 1. The lowest BCUT2D eigenvalue weighted by Gasteiger charge is -2.08. The number of amides is 1. The molecule has 4 heterocycles. The van der Waals surface area contributed by atoms with Crippen molar-refractivity contribution < 1.29 is 4.79 Å². The maximum atomic E-state index is 12.7. The van der Waals surface area contributed by atoms with Gasteiger partial charge in [-0.05, 0) is 57.6 Å². The van der Waals surface area contributed by atoms with E-state index in [-0.39, 0.29) is 11.9 Å². The van der Waals surface area contributed by atoms with Crippen LogP contribution in [0.25, 0.3) is 5.52 Å². The quantitative estimate of drug-likeness (QED) is 0.338. The molecule has 1 aliphatic heterocycles. The molecule has 3 aromatic heterocycles. The number of carbonyl (C=O) groups excluding carboxylic acids is 1. The first-order chi connectivity index (χ1) is 15.6. The Bertz CT molecular complexity index is 1200. The number of allylic oxidation sites excluding steroid dienone is 2. The predicted molar refractivity (Wildman–Crippen MR) is 126 cm³/mol. The van der Waals surface area contributed by atoms with Crippen molar-refractivity contribution in [1.29, 1.82) is 0 Å². The molecule has 0 saturated carbocycles. The second-order valence-corrected chi connectivity index (χ2v) is 7.72. The standard InChI is InChI=1S/C24H27N7O/c1-4-17(24(32)30-20-15-16(2)10-12-27-20)7-5-8-18-21-22(25-3)28-13-14-31(21)23(29-18)19-9-6-11-26-19/h4-5,7,10,12-15,19,26H,3,6,8-9,11H2,1-2H3,(H,27,30,32)/b7-5-,17-4+/t19-/m0/s1. The average molecular weight is 430 g/mol. The Labute approximate surface area is 187 Å². The molecule has 1 atom stereocenters. The number of carbonyl (C=O) groups is 1. The minimum absolute atomic E-state index is 0.206. The normalized spacial score (nSPS) is 16.7. The number of anilines is 1. The van der Waals surface area contributed by atoms with Gasteiger partial charge in [0, 0.05) is 30.6 Å². The summed E-state index contributed by atoms with van der Waals surface area (Å²) in [6.45, 7) is 8.45. The van der Waals surface area contributed by atoms with E-state index in [0.29, 0.717) is 23.6 Å². The zero-order valence-electron chi connectivity index (χ0n) is 18.4. The van der Waals surface area contributed by atoms with E-state index < -0.39 is 0 Å². The molecule has 0 spiro atoms. The highest BCUT2D eigenvalue weighted by Crippen LogP contribution is 2.29. The summed E-state index contributed by atoms with van der Waals surface area (Å²) < 4.78 is 2.05. The molecule has 0 bridgehead atoms. The summed E-state index contributed by atoms with van der Waals surface area (Å²) in [5.41, 5.74) is 3.30. The van der Waals surface area contributed by atoms with Crippen LogP contribution in [0.1, 0.15) is 42.9 Å². The molecule has 1 amide bonds. The summed E-state index contributed by atoms with van der Waals surface area (Å²) in [5, 5.41) is 6.35. The van der Waals surface area contributed by atoms with Gasteiger partial charge in [-0.1, -0.05) is 18.2 Å². The topological polar surface area (TPSA) is 96.6 Å². The summed E-state index contributed by atoms with van der Waals surface area (Å²) in [5.74, 6) is 1.84. The Balaban J connectivity index is 1.56. The number of nitrogens with one attached hydrogen (secondary N) is 2. The molecule has 4 rings (SSSR count). The van der Waals surface area contributed by atoms with E-state index in [1.165, 1.54) is 0 Å². The van der Waals surface area contributed by atoms with Crippen molar-refractivity contribution in [2.24, 2.45) is 4.99 Å². The highest BCUT2D eigenvalue weighted by atomic mass is 16.1. The molecule has 0 aromatic carbocycles. The van der Waals surface area contributed by atoms with E-state index in [1.807, 2.05) is 38.3 Å². The van der Waals surface area contributed by atoms with Gasteiger partial charge in [-0.3, -0.25) is 9.20 Å². The smallest absolute Gasteiger partial charge is 0.256 e. The summed E-state index contributed by atoms with van der Waals surface area (Å²) in [7, 11) is 0. The number of hydrogen-bond donors (Lipinski definition) is 2. The van der Waals surface area contributed by atoms with Crippen LogP contribution in [0.3, 0.4) is 0 Å². The maximum absolute atomic E-state index is 12.7. The van der Waals surface area contributed by atoms with Crippen LogP contribution in [0.2, 0.25) is 0 Å². The molecule has 1 saturated heterocycles. The fourth-order valence-electron chi connectivity index (χ4n) is 3.92. The van der Waals surface area contributed by atoms with Crippen LogP contribution in [0.15, 0.2) is 59.5 Å². The SMILES string of the molecule is C=Nc1nccn2c([C@@H]3CCCN3)nc(C/C=C\C(=C/C)C(=O)Nc3cc(C)ccn3)c12. The fraction of sp³-hybridized carbons (Fsp3) is 0.292. The van der Waals surface area contributed by atoms with Crippen LogP contribution >= 0.6 is 0 Å². The van der Waals surface area contributed by atoms with Crippen LogP contribution in [0.4, 0.5) is 11.6 Å². The van der Waals surface area contributed by atoms with E-state index >= 15 is 0 Å². The summed E-state index contributed by atoms with van der Waals surface area (Å²) in [6.07, 6.45) is 13.5. The van der Waals surface area contributed by atoms with Gasteiger partial charge in [0.15, 0.2) is 5.82 Å². The number of hydrogen-bond acceptors (Lipinski definition) is 6. The Morgan fingerprint density at radius 1 is 1.41 bits per heavy atom. The average Bonchev–Trinajstić information content (AvgIpc) is 3.44. The van der Waals surface area contributed by atoms with E-state index in [9.17, 15) is 4.79 Å². The molecule has 3 aromatic rings. The van der Waals surface area contributed by atoms with E-state index in [1.54, 1.807) is 24.5 Å². The van der Waals surface area contributed by atoms with Crippen LogP contribution in [0, 0.1) is 6.92 Å². The first-order valence-corrected chi connectivity index (χ1v) is 10.7. The van der Waals surface area contributed by atoms with Crippen LogP contribution in [0.5, 0.6) is 0 Å². The first-order valence-electron chi connectivity index (χ1n) is 10.7.